The molecule has 1 aliphatic heterocycles. The number of piperazine rings is 1. The molecule has 7 heteroatoms. The quantitative estimate of drug-likeness (QED) is 0.384. The molecule has 0 radical (unpaired) electrons. The molecule has 33 heavy (non-hydrogen) atoms. The Morgan fingerprint density at radius 3 is 2.27 bits per heavy atom. The summed E-state index contributed by atoms with van der Waals surface area (Å²) in [6.07, 6.45) is 1.38. The van der Waals surface area contributed by atoms with Crippen molar-refractivity contribution >= 4 is 18.0 Å². The fourth-order valence-electron chi connectivity index (χ4n) is 4.13. The predicted octanol–water partition coefficient (Wildman–Crippen LogP) is 3.60. The monoisotopic (exact) mass is 453 g/mol. The molecule has 0 aromatic heterocycles. The summed E-state index contributed by atoms with van der Waals surface area (Å²) < 4.78 is 5.24. The van der Waals surface area contributed by atoms with Gasteiger partial charge in [0.1, 0.15) is 12.4 Å². The van der Waals surface area contributed by atoms with E-state index < -0.39 is 0 Å². The number of carbonyl (C=O) groups excluding carboxylic acids is 2. The van der Waals surface area contributed by atoms with Crippen molar-refractivity contribution in [1.29, 1.82) is 0 Å². The van der Waals surface area contributed by atoms with Crippen molar-refractivity contribution in [2.75, 3.05) is 44.7 Å². The second-order valence-electron chi connectivity index (χ2n) is 8.80. The summed E-state index contributed by atoms with van der Waals surface area (Å²) in [5.41, 5.74) is 2.11. The highest BCUT2D eigenvalue weighted by Crippen LogP contribution is 2.22. The minimum Gasteiger partial charge on any atom is -0.497 e. The van der Waals surface area contributed by atoms with Crippen LogP contribution >= 0.6 is 0 Å². The summed E-state index contributed by atoms with van der Waals surface area (Å²) >= 11 is 0. The Bertz CT molecular complexity index is 865. The molecule has 0 N–H and O–H groups in total. The van der Waals surface area contributed by atoms with Gasteiger partial charge in [-0.25, -0.2) is 5.06 Å². The van der Waals surface area contributed by atoms with E-state index in [9.17, 15) is 9.59 Å². The Morgan fingerprint density at radius 2 is 1.70 bits per heavy atom. The van der Waals surface area contributed by atoms with Crippen molar-refractivity contribution in [2.24, 2.45) is 11.8 Å². The Hall–Kier alpha value is -3.06. The van der Waals surface area contributed by atoms with Crippen LogP contribution in [0.2, 0.25) is 0 Å². The van der Waals surface area contributed by atoms with Gasteiger partial charge in [0, 0.05) is 31.9 Å². The van der Waals surface area contributed by atoms with Gasteiger partial charge in [0.05, 0.1) is 19.6 Å². The molecule has 0 saturated carbocycles. The first kappa shape index (κ1) is 24.6. The molecule has 2 aromatic carbocycles. The number of nitrogens with zero attached hydrogens (tertiary/aromatic N) is 3. The third-order valence-corrected chi connectivity index (χ3v) is 5.89. The standard InChI is InChI=1S/C26H35N3O4/c1-21(2)17-23(18-29(20-30)33-19-22-7-5-4-6-8-22)26(31)28-15-13-27(14-16-28)24-9-11-25(32-3)12-10-24/h4-12,20-21,23H,13-19H2,1-3H3. The second-order valence-corrected chi connectivity index (χ2v) is 8.80. The molecule has 0 bridgehead atoms. The summed E-state index contributed by atoms with van der Waals surface area (Å²) in [6.45, 7) is 7.60. The van der Waals surface area contributed by atoms with Crippen LogP contribution < -0.4 is 9.64 Å². The van der Waals surface area contributed by atoms with Crippen LogP contribution in [0.5, 0.6) is 5.75 Å². The number of hydroxylamine groups is 2. The molecule has 2 aromatic rings. The summed E-state index contributed by atoms with van der Waals surface area (Å²) in [5, 5.41) is 1.27. The summed E-state index contributed by atoms with van der Waals surface area (Å²) in [4.78, 5) is 34.9. The predicted molar refractivity (Wildman–Crippen MR) is 129 cm³/mol. The van der Waals surface area contributed by atoms with Crippen LogP contribution in [0.3, 0.4) is 0 Å². The normalized spacial score (nSPS) is 14.8. The minimum absolute atomic E-state index is 0.0910. The van der Waals surface area contributed by atoms with Gasteiger partial charge in [0.25, 0.3) is 0 Å². The first-order valence-corrected chi connectivity index (χ1v) is 11.6. The van der Waals surface area contributed by atoms with E-state index in [1.165, 1.54) is 5.06 Å². The minimum atomic E-state index is -0.293. The topological polar surface area (TPSA) is 62.3 Å². The van der Waals surface area contributed by atoms with Gasteiger partial charge < -0.3 is 14.5 Å². The highest BCUT2D eigenvalue weighted by Gasteiger charge is 2.30. The van der Waals surface area contributed by atoms with Crippen molar-refractivity contribution in [2.45, 2.75) is 26.9 Å². The molecule has 3 rings (SSSR count). The van der Waals surface area contributed by atoms with Gasteiger partial charge in [0.2, 0.25) is 12.3 Å². The van der Waals surface area contributed by atoms with Gasteiger partial charge in [-0.3, -0.25) is 14.4 Å². The molecule has 1 aliphatic rings. The van der Waals surface area contributed by atoms with Gasteiger partial charge in [0.15, 0.2) is 0 Å². The maximum Gasteiger partial charge on any atom is 0.233 e. The molecule has 7 nitrogen and oxygen atoms in total. The van der Waals surface area contributed by atoms with Crippen LogP contribution in [-0.4, -0.2) is 62.1 Å². The van der Waals surface area contributed by atoms with Gasteiger partial charge in [-0.1, -0.05) is 44.2 Å². The lowest BCUT2D eigenvalue weighted by molar-refractivity contribution is -0.183. The van der Waals surface area contributed by atoms with Crippen LogP contribution in [0.25, 0.3) is 0 Å². The van der Waals surface area contributed by atoms with E-state index in [1.807, 2.05) is 59.5 Å². The number of rotatable bonds is 11. The Kier molecular flexibility index (Phi) is 9.13. The summed E-state index contributed by atoms with van der Waals surface area (Å²) in [7, 11) is 1.66. The number of benzene rings is 2. The Balaban J connectivity index is 1.57. The fourth-order valence-corrected chi connectivity index (χ4v) is 4.13. The second kappa shape index (κ2) is 12.3. The van der Waals surface area contributed by atoms with Crippen LogP contribution in [0.4, 0.5) is 5.69 Å². The molecular weight excluding hydrogens is 418 g/mol. The molecule has 178 valence electrons. The van der Waals surface area contributed by atoms with Crippen LogP contribution in [0, 0.1) is 11.8 Å². The maximum absolute atomic E-state index is 13.4. The van der Waals surface area contributed by atoms with Crippen LogP contribution in [0.15, 0.2) is 54.6 Å². The highest BCUT2D eigenvalue weighted by atomic mass is 16.7. The van der Waals surface area contributed by atoms with E-state index in [2.05, 4.69) is 18.7 Å². The van der Waals surface area contributed by atoms with Gasteiger partial charge in [-0.15, -0.1) is 0 Å². The average molecular weight is 454 g/mol. The molecule has 0 spiro atoms. The number of methoxy groups -OCH3 is 1. The van der Waals surface area contributed by atoms with Gasteiger partial charge in [-0.2, -0.15) is 0 Å². The molecule has 1 fully saturated rings. The number of carbonyl (C=O) groups is 2. The third kappa shape index (κ3) is 7.22. The van der Waals surface area contributed by atoms with Gasteiger partial charge >= 0.3 is 0 Å². The van der Waals surface area contributed by atoms with Crippen molar-refractivity contribution in [3.05, 3.63) is 60.2 Å². The highest BCUT2D eigenvalue weighted by molar-refractivity contribution is 5.79. The zero-order valence-corrected chi connectivity index (χ0v) is 19.9. The number of hydrogen-bond acceptors (Lipinski definition) is 5. The van der Waals surface area contributed by atoms with Crippen molar-refractivity contribution in [3.8, 4) is 5.75 Å². The molecule has 1 saturated heterocycles. The molecule has 1 heterocycles. The maximum atomic E-state index is 13.4. The van der Waals surface area contributed by atoms with Crippen molar-refractivity contribution < 1.29 is 19.2 Å². The first-order chi connectivity index (χ1) is 16.0. The van der Waals surface area contributed by atoms with E-state index in [1.54, 1.807) is 7.11 Å². The van der Waals surface area contributed by atoms with Crippen molar-refractivity contribution in [1.82, 2.24) is 9.96 Å². The third-order valence-electron chi connectivity index (χ3n) is 5.89. The average Bonchev–Trinajstić information content (AvgIpc) is 2.86. The summed E-state index contributed by atoms with van der Waals surface area (Å²) in [6, 6.07) is 17.7. The van der Waals surface area contributed by atoms with E-state index in [-0.39, 0.29) is 18.4 Å². The zero-order chi connectivity index (χ0) is 23.6. The van der Waals surface area contributed by atoms with Crippen LogP contribution in [-0.2, 0) is 21.0 Å². The van der Waals surface area contributed by atoms with Crippen molar-refractivity contribution in [3.63, 3.8) is 0 Å². The lowest BCUT2D eigenvalue weighted by atomic mass is 9.95. The Morgan fingerprint density at radius 1 is 1.03 bits per heavy atom. The fraction of sp³-hybridized carbons (Fsp3) is 0.462. The number of hydrogen-bond donors (Lipinski definition) is 0. The number of ether oxygens (including phenoxy) is 1. The smallest absolute Gasteiger partial charge is 0.233 e. The molecular formula is C26H35N3O4. The lowest BCUT2D eigenvalue weighted by Gasteiger charge is -2.38. The van der Waals surface area contributed by atoms with E-state index in [0.717, 1.165) is 30.1 Å². The lowest BCUT2D eigenvalue weighted by Crippen LogP contribution is -2.51. The largest absolute Gasteiger partial charge is 0.497 e. The van der Waals surface area contributed by atoms with E-state index in [0.29, 0.717) is 38.4 Å². The first-order valence-electron chi connectivity index (χ1n) is 11.6. The molecule has 1 atom stereocenters. The number of anilines is 1. The van der Waals surface area contributed by atoms with Crippen LogP contribution in [0.1, 0.15) is 25.8 Å². The number of amides is 2. The SMILES string of the molecule is COc1ccc(N2CCN(C(=O)C(CC(C)C)CN(C=O)OCc3ccccc3)CC2)cc1. The van der Waals surface area contributed by atoms with E-state index >= 15 is 0 Å². The van der Waals surface area contributed by atoms with E-state index in [4.69, 9.17) is 9.57 Å². The molecule has 0 aliphatic carbocycles. The molecule has 2 amide bonds. The van der Waals surface area contributed by atoms with Gasteiger partial charge in [-0.05, 0) is 42.2 Å². The summed E-state index contributed by atoms with van der Waals surface area (Å²) in [5.74, 6) is 0.965. The molecule has 1 unspecified atom stereocenters. The zero-order valence-electron chi connectivity index (χ0n) is 19.9. The Labute approximate surface area is 196 Å².